The Morgan fingerprint density at radius 1 is 1.00 bits per heavy atom. The van der Waals surface area contributed by atoms with Gasteiger partial charge in [0.15, 0.2) is 0 Å². The van der Waals surface area contributed by atoms with E-state index in [2.05, 4.69) is 20.6 Å². The summed E-state index contributed by atoms with van der Waals surface area (Å²) in [5.41, 5.74) is 2.58. The summed E-state index contributed by atoms with van der Waals surface area (Å²) in [6.45, 7) is 1.08. The maximum atomic E-state index is 12.2. The van der Waals surface area contributed by atoms with Gasteiger partial charge in [0.2, 0.25) is 0 Å². The summed E-state index contributed by atoms with van der Waals surface area (Å²) in [4.78, 5) is 20.5. The first-order chi connectivity index (χ1) is 12.7. The van der Waals surface area contributed by atoms with Gasteiger partial charge in [0.1, 0.15) is 11.6 Å². The quantitative estimate of drug-likeness (QED) is 0.686. The maximum Gasteiger partial charge on any atom is 0.253 e. The molecule has 0 bridgehead atoms. The second-order valence-corrected chi connectivity index (χ2v) is 5.68. The molecule has 0 unspecified atom stereocenters. The first kappa shape index (κ1) is 17.4. The average molecular weight is 348 g/mol. The fourth-order valence-corrected chi connectivity index (χ4v) is 2.36. The molecule has 0 spiro atoms. The molecule has 0 fully saturated rings. The molecule has 2 heterocycles. The molecule has 0 radical (unpaired) electrons. The molecule has 0 aliphatic carbocycles. The summed E-state index contributed by atoms with van der Waals surface area (Å²) < 4.78 is 5.14. The second-order valence-electron chi connectivity index (χ2n) is 5.68. The van der Waals surface area contributed by atoms with Crippen molar-refractivity contribution in [2.75, 3.05) is 12.4 Å². The van der Waals surface area contributed by atoms with Crippen LogP contribution >= 0.6 is 0 Å². The summed E-state index contributed by atoms with van der Waals surface area (Å²) in [6, 6.07) is 15.1. The molecule has 0 atom stereocenters. The van der Waals surface area contributed by atoms with Crippen molar-refractivity contribution in [1.82, 2.24) is 15.3 Å². The van der Waals surface area contributed by atoms with E-state index in [-0.39, 0.29) is 5.91 Å². The molecular weight excluding hydrogens is 328 g/mol. The number of nitrogens with one attached hydrogen (secondary N) is 2. The largest absolute Gasteiger partial charge is 0.497 e. The summed E-state index contributed by atoms with van der Waals surface area (Å²) in [5, 5.41) is 6.08. The summed E-state index contributed by atoms with van der Waals surface area (Å²) >= 11 is 0. The van der Waals surface area contributed by atoms with Gasteiger partial charge in [-0.25, -0.2) is 4.98 Å². The van der Waals surface area contributed by atoms with Crippen molar-refractivity contribution in [3.63, 3.8) is 0 Å². The Morgan fingerprint density at radius 2 is 1.85 bits per heavy atom. The molecule has 0 saturated heterocycles. The first-order valence-corrected chi connectivity index (χ1v) is 8.24. The number of aromatic nitrogens is 2. The number of hydrogen-bond donors (Lipinski definition) is 2. The average Bonchev–Trinajstić information content (AvgIpc) is 2.72. The summed E-state index contributed by atoms with van der Waals surface area (Å²) in [6.07, 6.45) is 4.99. The molecule has 3 aromatic rings. The van der Waals surface area contributed by atoms with Crippen molar-refractivity contribution < 1.29 is 9.53 Å². The number of rotatable bonds is 7. The van der Waals surface area contributed by atoms with Crippen molar-refractivity contribution >= 4 is 11.7 Å². The van der Waals surface area contributed by atoms with Crippen LogP contribution in [0.5, 0.6) is 5.75 Å². The molecule has 3 rings (SSSR count). The molecule has 6 heteroatoms. The van der Waals surface area contributed by atoms with Crippen LogP contribution in [0.3, 0.4) is 0 Å². The smallest absolute Gasteiger partial charge is 0.253 e. The minimum Gasteiger partial charge on any atom is -0.497 e. The molecule has 2 aromatic heterocycles. The number of anilines is 1. The Hall–Kier alpha value is -3.41. The zero-order valence-electron chi connectivity index (χ0n) is 14.5. The Morgan fingerprint density at radius 3 is 2.50 bits per heavy atom. The SMILES string of the molecule is COc1ccc(CNc2ccc(C(=O)NCc3cccnc3)cn2)cc1. The van der Waals surface area contributed by atoms with E-state index in [1.807, 2.05) is 36.4 Å². The van der Waals surface area contributed by atoms with Gasteiger partial charge in [-0.1, -0.05) is 18.2 Å². The van der Waals surface area contributed by atoms with Gasteiger partial charge >= 0.3 is 0 Å². The van der Waals surface area contributed by atoms with E-state index >= 15 is 0 Å². The highest BCUT2D eigenvalue weighted by Crippen LogP contribution is 2.13. The number of pyridine rings is 2. The molecular formula is C20H20N4O2. The van der Waals surface area contributed by atoms with Crippen LogP contribution in [0.4, 0.5) is 5.82 Å². The lowest BCUT2D eigenvalue weighted by Gasteiger charge is -2.08. The molecule has 0 aliphatic rings. The Balaban J connectivity index is 1.51. The second kappa shape index (κ2) is 8.62. The lowest BCUT2D eigenvalue weighted by atomic mass is 10.2. The predicted molar refractivity (Wildman–Crippen MR) is 100.0 cm³/mol. The topological polar surface area (TPSA) is 76.1 Å². The van der Waals surface area contributed by atoms with Crippen LogP contribution in [-0.2, 0) is 13.1 Å². The highest BCUT2D eigenvalue weighted by Gasteiger charge is 2.06. The lowest BCUT2D eigenvalue weighted by Crippen LogP contribution is -2.23. The number of ether oxygens (including phenoxy) is 1. The van der Waals surface area contributed by atoms with Crippen LogP contribution in [0.15, 0.2) is 67.1 Å². The number of amides is 1. The van der Waals surface area contributed by atoms with Gasteiger partial charge in [-0.2, -0.15) is 0 Å². The molecule has 132 valence electrons. The van der Waals surface area contributed by atoms with E-state index in [0.29, 0.717) is 24.5 Å². The summed E-state index contributed by atoms with van der Waals surface area (Å²) in [5.74, 6) is 1.38. The maximum absolute atomic E-state index is 12.2. The van der Waals surface area contributed by atoms with Gasteiger partial charge in [0, 0.05) is 31.7 Å². The zero-order valence-corrected chi connectivity index (χ0v) is 14.5. The number of benzene rings is 1. The fraction of sp³-hybridized carbons (Fsp3) is 0.150. The third-order valence-corrected chi connectivity index (χ3v) is 3.83. The number of carbonyl (C=O) groups is 1. The van der Waals surface area contributed by atoms with Crippen molar-refractivity contribution in [2.24, 2.45) is 0 Å². The Kier molecular flexibility index (Phi) is 5.77. The van der Waals surface area contributed by atoms with Gasteiger partial charge in [-0.3, -0.25) is 9.78 Å². The lowest BCUT2D eigenvalue weighted by molar-refractivity contribution is 0.0950. The van der Waals surface area contributed by atoms with Crippen molar-refractivity contribution in [2.45, 2.75) is 13.1 Å². The van der Waals surface area contributed by atoms with Gasteiger partial charge in [0.25, 0.3) is 5.91 Å². The molecule has 1 amide bonds. The van der Waals surface area contributed by atoms with Crippen LogP contribution in [0, 0.1) is 0 Å². The molecule has 1 aromatic carbocycles. The zero-order chi connectivity index (χ0) is 18.2. The van der Waals surface area contributed by atoms with E-state index in [4.69, 9.17) is 4.74 Å². The van der Waals surface area contributed by atoms with Gasteiger partial charge in [-0.05, 0) is 41.5 Å². The predicted octanol–water partition coefficient (Wildman–Crippen LogP) is 3.03. The number of hydrogen-bond acceptors (Lipinski definition) is 5. The Bertz CT molecular complexity index is 834. The van der Waals surface area contributed by atoms with Gasteiger partial charge in [-0.15, -0.1) is 0 Å². The van der Waals surface area contributed by atoms with E-state index in [9.17, 15) is 4.79 Å². The van der Waals surface area contributed by atoms with E-state index in [1.54, 1.807) is 37.8 Å². The summed E-state index contributed by atoms with van der Waals surface area (Å²) in [7, 11) is 1.64. The molecule has 6 nitrogen and oxygen atoms in total. The minimum absolute atomic E-state index is 0.164. The van der Waals surface area contributed by atoms with E-state index < -0.39 is 0 Å². The van der Waals surface area contributed by atoms with Crippen LogP contribution < -0.4 is 15.4 Å². The number of methoxy groups -OCH3 is 1. The standard InChI is InChI=1S/C20H20N4O2/c1-26-18-7-4-15(5-8-18)12-22-19-9-6-17(14-23-19)20(25)24-13-16-3-2-10-21-11-16/h2-11,14H,12-13H2,1H3,(H,22,23)(H,24,25). The minimum atomic E-state index is -0.164. The fourth-order valence-electron chi connectivity index (χ4n) is 2.36. The third kappa shape index (κ3) is 4.80. The van der Waals surface area contributed by atoms with E-state index in [0.717, 1.165) is 16.9 Å². The molecule has 2 N–H and O–H groups in total. The number of nitrogens with zero attached hydrogens (tertiary/aromatic N) is 2. The normalized spacial score (nSPS) is 10.2. The molecule has 26 heavy (non-hydrogen) atoms. The monoisotopic (exact) mass is 348 g/mol. The number of carbonyl (C=O) groups excluding carboxylic acids is 1. The Labute approximate surface area is 152 Å². The third-order valence-electron chi connectivity index (χ3n) is 3.83. The highest BCUT2D eigenvalue weighted by molar-refractivity contribution is 5.93. The molecule has 0 aliphatic heterocycles. The highest BCUT2D eigenvalue weighted by atomic mass is 16.5. The first-order valence-electron chi connectivity index (χ1n) is 8.24. The molecule has 0 saturated carbocycles. The van der Waals surface area contributed by atoms with Gasteiger partial charge < -0.3 is 15.4 Å². The van der Waals surface area contributed by atoms with Crippen LogP contribution in [-0.4, -0.2) is 23.0 Å². The van der Waals surface area contributed by atoms with Crippen LogP contribution in [0.25, 0.3) is 0 Å². The van der Waals surface area contributed by atoms with Crippen LogP contribution in [0.1, 0.15) is 21.5 Å². The van der Waals surface area contributed by atoms with E-state index in [1.165, 1.54) is 0 Å². The van der Waals surface area contributed by atoms with Gasteiger partial charge in [0.05, 0.1) is 12.7 Å². The van der Waals surface area contributed by atoms with Crippen molar-refractivity contribution in [3.05, 3.63) is 83.8 Å². The van der Waals surface area contributed by atoms with Crippen molar-refractivity contribution in [3.8, 4) is 5.75 Å². The van der Waals surface area contributed by atoms with Crippen molar-refractivity contribution in [1.29, 1.82) is 0 Å². The van der Waals surface area contributed by atoms with Crippen LogP contribution in [0.2, 0.25) is 0 Å².